The number of carbonyl (C=O) groups is 1. The van der Waals surface area contributed by atoms with Crippen LogP contribution in [0.1, 0.15) is 20.9 Å². The normalized spacial score (nSPS) is 10.7. The molecular weight excluding hydrogens is 380 g/mol. The van der Waals surface area contributed by atoms with Crippen molar-refractivity contribution in [3.63, 3.8) is 0 Å². The number of nitrogens with zero attached hydrogens (tertiary/aromatic N) is 3. The van der Waals surface area contributed by atoms with Gasteiger partial charge in [0.25, 0.3) is 5.91 Å². The van der Waals surface area contributed by atoms with Crippen LogP contribution in [0.4, 0.5) is 5.13 Å². The first-order valence-corrected chi connectivity index (χ1v) is 9.48. The van der Waals surface area contributed by atoms with Crippen molar-refractivity contribution in [1.29, 1.82) is 0 Å². The molecule has 4 rings (SSSR count). The van der Waals surface area contributed by atoms with Crippen molar-refractivity contribution in [2.45, 2.75) is 6.42 Å². The number of carbonyl (C=O) groups excluding carboxylic acids is 1. The maximum atomic E-state index is 12.4. The zero-order valence-corrected chi connectivity index (χ0v) is 15.7. The van der Waals surface area contributed by atoms with E-state index in [1.807, 2.05) is 54.6 Å². The Labute approximate surface area is 165 Å². The summed E-state index contributed by atoms with van der Waals surface area (Å²) in [4.78, 5) is 17.8. The van der Waals surface area contributed by atoms with E-state index in [0.29, 0.717) is 15.8 Å². The number of thiazole rings is 1. The van der Waals surface area contributed by atoms with E-state index in [-0.39, 0.29) is 5.91 Å². The summed E-state index contributed by atoms with van der Waals surface area (Å²) in [6.07, 6.45) is 4.28. The number of anilines is 1. The summed E-state index contributed by atoms with van der Waals surface area (Å²) in [6, 6.07) is 19.0. The van der Waals surface area contributed by atoms with Crippen molar-refractivity contribution in [2.75, 3.05) is 5.32 Å². The van der Waals surface area contributed by atoms with Gasteiger partial charge < -0.3 is 0 Å². The van der Waals surface area contributed by atoms with Gasteiger partial charge in [-0.15, -0.1) is 11.3 Å². The highest BCUT2D eigenvalue weighted by molar-refractivity contribution is 7.15. The van der Waals surface area contributed by atoms with Crippen molar-refractivity contribution in [1.82, 2.24) is 14.8 Å². The van der Waals surface area contributed by atoms with Gasteiger partial charge in [0.2, 0.25) is 0 Å². The Kier molecular flexibility index (Phi) is 5.00. The van der Waals surface area contributed by atoms with Gasteiger partial charge in [0, 0.05) is 28.7 Å². The molecular formula is C20H15ClN4OS. The van der Waals surface area contributed by atoms with E-state index in [0.717, 1.165) is 22.5 Å². The predicted octanol–water partition coefficient (Wildman–Crippen LogP) is 4.83. The van der Waals surface area contributed by atoms with Gasteiger partial charge in [-0.1, -0.05) is 41.9 Å². The lowest BCUT2D eigenvalue weighted by molar-refractivity contribution is 0.102. The number of hydrogen-bond donors (Lipinski definition) is 1. The molecule has 0 saturated heterocycles. The maximum Gasteiger partial charge on any atom is 0.277 e. The fourth-order valence-corrected chi connectivity index (χ4v) is 3.55. The van der Waals surface area contributed by atoms with Crippen LogP contribution in [0.25, 0.3) is 5.69 Å². The number of amides is 1. The van der Waals surface area contributed by atoms with Crippen LogP contribution in [-0.2, 0) is 6.42 Å². The molecule has 1 amide bonds. The molecule has 0 radical (unpaired) electrons. The Morgan fingerprint density at radius 3 is 2.63 bits per heavy atom. The Bertz CT molecular complexity index is 1060. The molecule has 27 heavy (non-hydrogen) atoms. The number of benzene rings is 2. The number of aromatic nitrogens is 3. The molecule has 0 saturated carbocycles. The van der Waals surface area contributed by atoms with Crippen LogP contribution >= 0.6 is 22.9 Å². The molecule has 2 heterocycles. The SMILES string of the molecule is O=C(Nc1ncc(Cc2ccc(Cl)cc2)s1)c1ccn(-c2ccccc2)n1. The van der Waals surface area contributed by atoms with Gasteiger partial charge >= 0.3 is 0 Å². The Balaban J connectivity index is 1.42. The van der Waals surface area contributed by atoms with Crippen molar-refractivity contribution >= 4 is 34.0 Å². The van der Waals surface area contributed by atoms with Crippen LogP contribution < -0.4 is 5.32 Å². The molecule has 1 N–H and O–H groups in total. The second-order valence-corrected chi connectivity index (χ2v) is 7.42. The van der Waals surface area contributed by atoms with Crippen molar-refractivity contribution < 1.29 is 4.79 Å². The van der Waals surface area contributed by atoms with E-state index >= 15 is 0 Å². The molecule has 2 aromatic heterocycles. The summed E-state index contributed by atoms with van der Waals surface area (Å²) in [5.41, 5.74) is 2.38. The zero-order valence-electron chi connectivity index (χ0n) is 14.2. The zero-order chi connectivity index (χ0) is 18.6. The molecule has 0 bridgehead atoms. The second-order valence-electron chi connectivity index (χ2n) is 5.87. The second kappa shape index (κ2) is 7.73. The van der Waals surface area contributed by atoms with Crippen LogP contribution in [0.5, 0.6) is 0 Å². The van der Waals surface area contributed by atoms with Crippen LogP contribution in [0.3, 0.4) is 0 Å². The fraction of sp³-hybridized carbons (Fsp3) is 0.0500. The largest absolute Gasteiger partial charge is 0.296 e. The molecule has 0 aliphatic carbocycles. The first-order chi connectivity index (χ1) is 13.2. The highest BCUT2D eigenvalue weighted by atomic mass is 35.5. The van der Waals surface area contributed by atoms with E-state index in [1.165, 1.54) is 11.3 Å². The molecule has 2 aromatic carbocycles. The van der Waals surface area contributed by atoms with E-state index in [1.54, 1.807) is 23.1 Å². The molecule has 0 unspecified atom stereocenters. The van der Waals surface area contributed by atoms with Crippen molar-refractivity contribution in [3.8, 4) is 5.69 Å². The van der Waals surface area contributed by atoms with Gasteiger partial charge in [0.1, 0.15) is 0 Å². The maximum absolute atomic E-state index is 12.4. The smallest absolute Gasteiger partial charge is 0.277 e. The minimum absolute atomic E-state index is 0.280. The van der Waals surface area contributed by atoms with E-state index in [9.17, 15) is 4.79 Å². The van der Waals surface area contributed by atoms with Crippen LogP contribution in [0.15, 0.2) is 73.1 Å². The Hall–Kier alpha value is -2.96. The molecule has 134 valence electrons. The van der Waals surface area contributed by atoms with Gasteiger partial charge in [-0.05, 0) is 35.9 Å². The lowest BCUT2D eigenvalue weighted by atomic mass is 10.1. The highest BCUT2D eigenvalue weighted by Crippen LogP contribution is 2.22. The van der Waals surface area contributed by atoms with E-state index in [2.05, 4.69) is 15.4 Å². The molecule has 0 spiro atoms. The quantitative estimate of drug-likeness (QED) is 0.527. The summed E-state index contributed by atoms with van der Waals surface area (Å²) >= 11 is 7.36. The summed E-state index contributed by atoms with van der Waals surface area (Å²) in [5.74, 6) is -0.280. The summed E-state index contributed by atoms with van der Waals surface area (Å²) < 4.78 is 1.67. The van der Waals surface area contributed by atoms with E-state index in [4.69, 9.17) is 11.6 Å². The number of hydrogen-bond acceptors (Lipinski definition) is 4. The van der Waals surface area contributed by atoms with Gasteiger partial charge in [-0.2, -0.15) is 5.10 Å². The van der Waals surface area contributed by atoms with E-state index < -0.39 is 0 Å². The van der Waals surface area contributed by atoms with Crippen LogP contribution in [0, 0.1) is 0 Å². The average Bonchev–Trinajstić information content (AvgIpc) is 3.34. The minimum Gasteiger partial charge on any atom is -0.296 e. The minimum atomic E-state index is -0.280. The third-order valence-electron chi connectivity index (χ3n) is 3.91. The Morgan fingerprint density at radius 2 is 1.85 bits per heavy atom. The number of rotatable bonds is 5. The van der Waals surface area contributed by atoms with Gasteiger partial charge in [-0.25, -0.2) is 9.67 Å². The van der Waals surface area contributed by atoms with Crippen LogP contribution in [-0.4, -0.2) is 20.7 Å². The first-order valence-electron chi connectivity index (χ1n) is 8.29. The van der Waals surface area contributed by atoms with Gasteiger partial charge in [0.15, 0.2) is 10.8 Å². The number of halogens is 1. The van der Waals surface area contributed by atoms with Gasteiger partial charge in [-0.3, -0.25) is 10.1 Å². The average molecular weight is 395 g/mol. The van der Waals surface area contributed by atoms with Crippen LogP contribution in [0.2, 0.25) is 5.02 Å². The molecule has 4 aromatic rings. The third-order valence-corrected chi connectivity index (χ3v) is 5.07. The first kappa shape index (κ1) is 17.5. The van der Waals surface area contributed by atoms with Crippen molar-refractivity contribution in [2.24, 2.45) is 0 Å². The standard InChI is InChI=1S/C20H15ClN4OS/c21-15-8-6-14(7-9-15)12-17-13-22-20(27-17)23-19(26)18-10-11-25(24-18)16-4-2-1-3-5-16/h1-11,13H,12H2,(H,22,23,26). The molecule has 0 aliphatic rings. The fourth-order valence-electron chi connectivity index (χ4n) is 2.58. The highest BCUT2D eigenvalue weighted by Gasteiger charge is 2.13. The summed E-state index contributed by atoms with van der Waals surface area (Å²) in [6.45, 7) is 0. The Morgan fingerprint density at radius 1 is 1.07 bits per heavy atom. The molecule has 0 atom stereocenters. The summed E-state index contributed by atoms with van der Waals surface area (Å²) in [7, 11) is 0. The number of para-hydroxylation sites is 1. The molecule has 0 fully saturated rings. The topological polar surface area (TPSA) is 59.8 Å². The molecule has 7 heteroatoms. The lowest BCUT2D eigenvalue weighted by Crippen LogP contribution is -2.12. The van der Waals surface area contributed by atoms with Gasteiger partial charge in [0.05, 0.1) is 5.69 Å². The lowest BCUT2D eigenvalue weighted by Gasteiger charge is -2.00. The van der Waals surface area contributed by atoms with Crippen molar-refractivity contribution in [3.05, 3.63) is 94.2 Å². The molecule has 0 aliphatic heterocycles. The monoisotopic (exact) mass is 394 g/mol. The summed E-state index contributed by atoms with van der Waals surface area (Å²) in [5, 5.41) is 8.41. The predicted molar refractivity (Wildman–Crippen MR) is 108 cm³/mol. The number of nitrogens with one attached hydrogen (secondary N) is 1. The third kappa shape index (κ3) is 4.24. The molecule has 5 nitrogen and oxygen atoms in total.